The van der Waals surface area contributed by atoms with E-state index < -0.39 is 0 Å². The van der Waals surface area contributed by atoms with Gasteiger partial charge in [0.25, 0.3) is 0 Å². The van der Waals surface area contributed by atoms with Gasteiger partial charge in [-0.25, -0.2) is 0 Å². The minimum Gasteiger partial charge on any atom is -1.00 e. The van der Waals surface area contributed by atoms with E-state index in [1.807, 2.05) is 60.8 Å². The zero-order valence-corrected chi connectivity index (χ0v) is 16.2. The Kier molecular flexibility index (Phi) is 8.20. The molecular weight excluding hydrogens is 391 g/mol. The molecule has 3 nitrogen and oxygen atoms in total. The summed E-state index contributed by atoms with van der Waals surface area (Å²) < 4.78 is 5.79. The second kappa shape index (κ2) is 10.4. The van der Waals surface area contributed by atoms with Crippen molar-refractivity contribution < 1.29 is 17.1 Å². The molecular formula is C20H18Cl3N2O-. The number of nitrogens with one attached hydrogen (secondary N) is 1. The molecule has 0 saturated carbocycles. The van der Waals surface area contributed by atoms with E-state index in [4.69, 9.17) is 27.9 Å². The Bertz CT molecular complexity index is 791. The third-order valence-electron chi connectivity index (χ3n) is 3.67. The minimum absolute atomic E-state index is 0. The fraction of sp³-hybridized carbons (Fsp3) is 0.150. The monoisotopic (exact) mass is 407 g/mol. The Balaban J connectivity index is 0.00000243. The zero-order chi connectivity index (χ0) is 17.5. The normalized spacial score (nSPS) is 10.2. The van der Waals surface area contributed by atoms with Gasteiger partial charge >= 0.3 is 0 Å². The van der Waals surface area contributed by atoms with Crippen LogP contribution in [0.5, 0.6) is 5.75 Å². The van der Waals surface area contributed by atoms with Crippen molar-refractivity contribution in [2.75, 3.05) is 0 Å². The average Bonchev–Trinajstić information content (AvgIpc) is 2.63. The number of pyridine rings is 1. The highest BCUT2D eigenvalue weighted by atomic mass is 35.5. The molecule has 0 bridgehead atoms. The van der Waals surface area contributed by atoms with Crippen LogP contribution in [0.2, 0.25) is 10.0 Å². The van der Waals surface area contributed by atoms with Gasteiger partial charge in [0, 0.05) is 25.5 Å². The highest BCUT2D eigenvalue weighted by molar-refractivity contribution is 6.37. The van der Waals surface area contributed by atoms with Crippen LogP contribution in [0.25, 0.3) is 0 Å². The minimum atomic E-state index is 0. The lowest BCUT2D eigenvalue weighted by Crippen LogP contribution is -3.00. The van der Waals surface area contributed by atoms with Gasteiger partial charge in [0.05, 0.1) is 10.0 Å². The number of hydrogen-bond donors (Lipinski definition) is 1. The second-order valence-electron chi connectivity index (χ2n) is 5.63. The highest BCUT2D eigenvalue weighted by Gasteiger charge is 2.10. The van der Waals surface area contributed by atoms with Crippen molar-refractivity contribution in [2.24, 2.45) is 0 Å². The predicted molar refractivity (Wildman–Crippen MR) is 102 cm³/mol. The summed E-state index contributed by atoms with van der Waals surface area (Å²) in [5, 5.41) is 4.38. The van der Waals surface area contributed by atoms with Crippen molar-refractivity contribution in [3.8, 4) is 5.75 Å². The van der Waals surface area contributed by atoms with E-state index >= 15 is 0 Å². The second-order valence-corrected chi connectivity index (χ2v) is 6.44. The number of halogens is 3. The highest BCUT2D eigenvalue weighted by Crippen LogP contribution is 2.34. The molecule has 26 heavy (non-hydrogen) atoms. The molecule has 3 aromatic rings. The smallest absolute Gasteiger partial charge is 0.156 e. The summed E-state index contributed by atoms with van der Waals surface area (Å²) >= 11 is 12.7. The molecule has 1 N–H and O–H groups in total. The number of benzene rings is 2. The van der Waals surface area contributed by atoms with Crippen LogP contribution in [0.1, 0.15) is 16.7 Å². The fourth-order valence-electron chi connectivity index (χ4n) is 2.44. The Morgan fingerprint density at radius 1 is 0.846 bits per heavy atom. The van der Waals surface area contributed by atoms with Crippen molar-refractivity contribution in [3.05, 3.63) is 93.7 Å². The van der Waals surface area contributed by atoms with E-state index in [0.717, 1.165) is 23.2 Å². The van der Waals surface area contributed by atoms with Crippen molar-refractivity contribution in [1.29, 1.82) is 0 Å². The molecule has 6 heteroatoms. The van der Waals surface area contributed by atoms with Gasteiger partial charge in [0.1, 0.15) is 6.61 Å². The molecule has 0 unspecified atom stereocenters. The Hall–Kier alpha value is -1.78. The standard InChI is InChI=1S/C20H18Cl2N2O.ClH/c21-18-9-17(13-24-12-16-7-4-8-23-11-16)10-19(22)20(18)25-14-15-5-2-1-3-6-15;/h1-11,24H,12-14H2;1H/p-1. The van der Waals surface area contributed by atoms with Crippen LogP contribution in [-0.2, 0) is 19.7 Å². The third kappa shape index (κ3) is 5.89. The summed E-state index contributed by atoms with van der Waals surface area (Å²) in [5.74, 6) is 0.517. The number of rotatable bonds is 7. The number of aromatic nitrogens is 1. The molecule has 0 aliphatic carbocycles. The summed E-state index contributed by atoms with van der Waals surface area (Å²) in [4.78, 5) is 4.10. The van der Waals surface area contributed by atoms with Gasteiger partial charge in [-0.3, -0.25) is 4.98 Å². The maximum absolute atomic E-state index is 6.35. The first-order valence-corrected chi connectivity index (χ1v) is 8.72. The number of nitrogens with zero attached hydrogens (tertiary/aromatic N) is 1. The lowest BCUT2D eigenvalue weighted by Gasteiger charge is -2.12. The van der Waals surface area contributed by atoms with Crippen molar-refractivity contribution in [1.82, 2.24) is 10.3 Å². The van der Waals surface area contributed by atoms with E-state index in [1.165, 1.54) is 0 Å². The number of hydrogen-bond acceptors (Lipinski definition) is 3. The van der Waals surface area contributed by atoms with Gasteiger partial charge in [-0.05, 0) is 34.9 Å². The van der Waals surface area contributed by atoms with Gasteiger partial charge in [-0.2, -0.15) is 0 Å². The Morgan fingerprint density at radius 3 is 2.15 bits per heavy atom. The Morgan fingerprint density at radius 2 is 1.50 bits per heavy atom. The molecule has 0 aliphatic heterocycles. The molecule has 0 aliphatic rings. The number of ether oxygens (including phenoxy) is 1. The van der Waals surface area contributed by atoms with E-state index in [-0.39, 0.29) is 12.4 Å². The molecule has 1 aromatic heterocycles. The summed E-state index contributed by atoms with van der Waals surface area (Å²) in [7, 11) is 0. The fourth-order valence-corrected chi connectivity index (χ4v) is 3.08. The molecule has 0 saturated heterocycles. The first-order chi connectivity index (χ1) is 12.2. The molecule has 0 spiro atoms. The molecule has 1 heterocycles. The molecule has 0 radical (unpaired) electrons. The van der Waals surface area contributed by atoms with Gasteiger partial charge < -0.3 is 22.5 Å². The third-order valence-corrected chi connectivity index (χ3v) is 4.23. The topological polar surface area (TPSA) is 34.2 Å². The molecule has 0 atom stereocenters. The SMILES string of the molecule is Clc1cc(CNCc2cccnc2)cc(Cl)c1OCc1ccccc1.[Cl-]. The molecule has 2 aromatic carbocycles. The summed E-state index contributed by atoms with van der Waals surface area (Å²) in [6, 6.07) is 17.6. The average molecular weight is 409 g/mol. The van der Waals surface area contributed by atoms with Crippen LogP contribution in [0.3, 0.4) is 0 Å². The van der Waals surface area contributed by atoms with Crippen LogP contribution in [0.15, 0.2) is 67.0 Å². The summed E-state index contributed by atoms with van der Waals surface area (Å²) in [5.41, 5.74) is 3.20. The van der Waals surface area contributed by atoms with Crippen molar-refractivity contribution in [3.63, 3.8) is 0 Å². The molecule has 136 valence electrons. The van der Waals surface area contributed by atoms with Crippen LogP contribution < -0.4 is 22.5 Å². The van der Waals surface area contributed by atoms with E-state index in [2.05, 4.69) is 10.3 Å². The first-order valence-electron chi connectivity index (χ1n) is 7.96. The van der Waals surface area contributed by atoms with Crippen molar-refractivity contribution in [2.45, 2.75) is 19.7 Å². The van der Waals surface area contributed by atoms with Gasteiger partial charge in [-0.15, -0.1) is 0 Å². The van der Waals surface area contributed by atoms with Gasteiger partial charge in [0.2, 0.25) is 0 Å². The maximum atomic E-state index is 6.35. The van der Waals surface area contributed by atoms with Gasteiger partial charge in [-0.1, -0.05) is 59.6 Å². The van der Waals surface area contributed by atoms with Gasteiger partial charge in [0.15, 0.2) is 5.75 Å². The summed E-state index contributed by atoms with van der Waals surface area (Å²) in [6.45, 7) is 1.82. The largest absolute Gasteiger partial charge is 1.00 e. The van der Waals surface area contributed by atoms with E-state index in [0.29, 0.717) is 28.9 Å². The zero-order valence-electron chi connectivity index (χ0n) is 14.0. The van der Waals surface area contributed by atoms with Crippen LogP contribution in [-0.4, -0.2) is 4.98 Å². The molecule has 3 rings (SSSR count). The first kappa shape index (κ1) is 20.5. The predicted octanol–water partition coefficient (Wildman–Crippen LogP) is 2.26. The van der Waals surface area contributed by atoms with Crippen LogP contribution >= 0.6 is 23.2 Å². The quantitative estimate of drug-likeness (QED) is 0.651. The van der Waals surface area contributed by atoms with E-state index in [9.17, 15) is 0 Å². The summed E-state index contributed by atoms with van der Waals surface area (Å²) in [6.07, 6.45) is 3.60. The Labute approximate surface area is 169 Å². The molecule has 0 amide bonds. The van der Waals surface area contributed by atoms with Crippen LogP contribution in [0.4, 0.5) is 0 Å². The van der Waals surface area contributed by atoms with E-state index in [1.54, 1.807) is 6.20 Å². The maximum Gasteiger partial charge on any atom is 0.156 e. The lowest BCUT2D eigenvalue weighted by atomic mass is 10.2. The lowest BCUT2D eigenvalue weighted by molar-refractivity contribution is -0.00000523. The van der Waals surface area contributed by atoms with Crippen LogP contribution in [0, 0.1) is 0 Å². The van der Waals surface area contributed by atoms with Crippen molar-refractivity contribution >= 4 is 23.2 Å². The molecule has 0 fully saturated rings.